The van der Waals surface area contributed by atoms with Crippen LogP contribution in [0.1, 0.15) is 90.7 Å². The number of benzene rings is 2. The number of unbranched alkanes of at least 4 members (excludes halogenated alkanes) is 7. The van der Waals surface area contributed by atoms with Gasteiger partial charge in [-0.2, -0.15) is 0 Å². The molecule has 0 amide bonds. The van der Waals surface area contributed by atoms with Crippen molar-refractivity contribution in [1.82, 2.24) is 0 Å². The van der Waals surface area contributed by atoms with Gasteiger partial charge in [-0.1, -0.05) is 88.0 Å². The predicted molar refractivity (Wildman–Crippen MR) is 147 cm³/mol. The number of carboxylic acid groups (broad SMARTS) is 1. The molecule has 2 rings (SSSR count). The lowest BCUT2D eigenvalue weighted by atomic mass is 10.0. The van der Waals surface area contributed by atoms with E-state index in [0.29, 0.717) is 11.1 Å². The van der Waals surface area contributed by atoms with Crippen molar-refractivity contribution in [2.24, 2.45) is 0 Å². The van der Waals surface area contributed by atoms with Crippen LogP contribution in [0.5, 0.6) is 0 Å². The number of rotatable bonds is 16. The quantitative estimate of drug-likeness (QED) is 0.105. The fourth-order valence-corrected chi connectivity index (χ4v) is 4.92. The molecule has 0 heterocycles. The van der Waals surface area contributed by atoms with Gasteiger partial charge in [0.05, 0.1) is 29.6 Å². The molecular formula is C30H38O5S. The number of carbonyl (C=O) groups excluding carboxylic acids is 1. The molecule has 0 saturated heterocycles. The minimum Gasteiger partial charge on any atom is -0.478 e. The number of allylic oxidation sites excluding steroid dienone is 3. The largest absolute Gasteiger partial charge is 0.478 e. The molecule has 2 aromatic rings. The van der Waals surface area contributed by atoms with Crippen LogP contribution in [0.2, 0.25) is 0 Å². The zero-order valence-corrected chi connectivity index (χ0v) is 22.1. The van der Waals surface area contributed by atoms with Crippen molar-refractivity contribution in [2.45, 2.75) is 74.5 Å². The molecule has 0 saturated carbocycles. The highest BCUT2D eigenvalue weighted by atomic mass is 32.2. The Morgan fingerprint density at radius 2 is 1.64 bits per heavy atom. The smallest absolute Gasteiger partial charge is 0.337 e. The lowest BCUT2D eigenvalue weighted by molar-refractivity contribution is 0.0599. The van der Waals surface area contributed by atoms with Crippen molar-refractivity contribution in [3.8, 4) is 0 Å². The third-order valence-corrected chi connectivity index (χ3v) is 7.05. The van der Waals surface area contributed by atoms with Gasteiger partial charge in [-0.3, -0.25) is 0 Å². The van der Waals surface area contributed by atoms with Crippen LogP contribution < -0.4 is 0 Å². The molecule has 0 aromatic heterocycles. The number of hydrogen-bond acceptors (Lipinski definition) is 5. The van der Waals surface area contributed by atoms with Crippen LogP contribution in [-0.4, -0.2) is 34.5 Å². The summed E-state index contributed by atoms with van der Waals surface area (Å²) >= 11 is 1.40. The van der Waals surface area contributed by atoms with Crippen LogP contribution in [0, 0.1) is 0 Å². The topological polar surface area (TPSA) is 83.8 Å². The summed E-state index contributed by atoms with van der Waals surface area (Å²) in [6.07, 6.45) is 17.0. The standard InChI is InChI=1S/C30H38O5S/c1-3-4-5-6-7-8-9-10-11-12-13-20-27(28(31)23-16-14-17-24(21-23)29(32)33)36-26-19-15-18-25(22-26)30(34)35-2/h11-22,27-28,31H,3-10H2,1-2H3,(H,32,33)/b12-11-,20-13+. The van der Waals surface area contributed by atoms with Gasteiger partial charge in [0.2, 0.25) is 0 Å². The molecule has 2 aromatic carbocycles. The van der Waals surface area contributed by atoms with Crippen LogP contribution in [0.25, 0.3) is 0 Å². The Hall–Kier alpha value is -2.83. The van der Waals surface area contributed by atoms with Crippen molar-refractivity contribution in [3.05, 3.63) is 89.5 Å². The van der Waals surface area contributed by atoms with E-state index in [1.807, 2.05) is 24.3 Å². The molecule has 0 fully saturated rings. The van der Waals surface area contributed by atoms with E-state index in [2.05, 4.69) is 13.0 Å². The van der Waals surface area contributed by atoms with Gasteiger partial charge in [0, 0.05) is 4.90 Å². The Morgan fingerprint density at radius 3 is 2.36 bits per heavy atom. The Labute approximate surface area is 219 Å². The molecule has 2 unspecified atom stereocenters. The molecule has 5 nitrogen and oxygen atoms in total. The third kappa shape index (κ3) is 10.4. The summed E-state index contributed by atoms with van der Waals surface area (Å²) in [5, 5.41) is 20.1. The SMILES string of the molecule is CCCCCCCCC/C=C\C=C\C(Sc1cccc(C(=O)OC)c1)C(O)c1cccc(C(=O)O)c1. The number of carboxylic acids is 1. The van der Waals surface area contributed by atoms with E-state index in [0.717, 1.165) is 11.3 Å². The van der Waals surface area contributed by atoms with Crippen LogP contribution in [0.4, 0.5) is 0 Å². The summed E-state index contributed by atoms with van der Waals surface area (Å²) < 4.78 is 4.82. The summed E-state index contributed by atoms with van der Waals surface area (Å²) in [5.74, 6) is -1.46. The Morgan fingerprint density at radius 1 is 0.944 bits per heavy atom. The number of methoxy groups -OCH3 is 1. The molecule has 0 aliphatic rings. The van der Waals surface area contributed by atoms with Crippen molar-refractivity contribution in [1.29, 1.82) is 0 Å². The first-order valence-electron chi connectivity index (χ1n) is 12.7. The summed E-state index contributed by atoms with van der Waals surface area (Å²) in [6.45, 7) is 2.23. The van der Waals surface area contributed by atoms with Gasteiger partial charge in [-0.25, -0.2) is 9.59 Å². The van der Waals surface area contributed by atoms with Gasteiger partial charge in [-0.05, 0) is 48.7 Å². The lowest BCUT2D eigenvalue weighted by Gasteiger charge is -2.20. The molecule has 0 aliphatic heterocycles. The minimum atomic E-state index is -1.04. The molecule has 0 bridgehead atoms. The number of hydrogen-bond donors (Lipinski definition) is 2. The third-order valence-electron chi connectivity index (χ3n) is 5.84. The highest BCUT2D eigenvalue weighted by molar-refractivity contribution is 8.00. The number of ether oxygens (including phenoxy) is 1. The number of aliphatic hydroxyl groups is 1. The summed E-state index contributed by atoms with van der Waals surface area (Å²) in [5.41, 5.74) is 1.08. The van der Waals surface area contributed by atoms with Gasteiger partial charge in [-0.15, -0.1) is 11.8 Å². The van der Waals surface area contributed by atoms with Crippen molar-refractivity contribution < 1.29 is 24.5 Å². The molecule has 2 atom stereocenters. The number of aliphatic hydroxyl groups excluding tert-OH is 1. The number of thioether (sulfide) groups is 1. The molecule has 0 spiro atoms. The lowest BCUT2D eigenvalue weighted by Crippen LogP contribution is -2.13. The average Bonchev–Trinajstić information content (AvgIpc) is 2.90. The van der Waals surface area contributed by atoms with E-state index in [1.54, 1.807) is 30.3 Å². The Bertz CT molecular complexity index is 1010. The van der Waals surface area contributed by atoms with E-state index in [9.17, 15) is 19.8 Å². The van der Waals surface area contributed by atoms with Gasteiger partial charge in [0.1, 0.15) is 0 Å². The van der Waals surface area contributed by atoms with Gasteiger partial charge < -0.3 is 14.9 Å². The second kappa shape index (κ2) is 16.8. The molecular weight excluding hydrogens is 472 g/mol. The van der Waals surface area contributed by atoms with Gasteiger partial charge >= 0.3 is 11.9 Å². The second-order valence-electron chi connectivity index (χ2n) is 8.70. The predicted octanol–water partition coefficient (Wildman–Crippen LogP) is 7.62. The normalized spacial score (nSPS) is 13.2. The van der Waals surface area contributed by atoms with Crippen LogP contribution >= 0.6 is 11.8 Å². The van der Waals surface area contributed by atoms with Crippen LogP contribution in [-0.2, 0) is 4.74 Å². The zero-order valence-electron chi connectivity index (χ0n) is 21.3. The molecule has 36 heavy (non-hydrogen) atoms. The van der Waals surface area contributed by atoms with Crippen LogP contribution in [0.3, 0.4) is 0 Å². The van der Waals surface area contributed by atoms with E-state index in [1.165, 1.54) is 76.0 Å². The van der Waals surface area contributed by atoms with E-state index in [-0.39, 0.29) is 5.56 Å². The molecule has 2 N–H and O–H groups in total. The number of aromatic carboxylic acids is 1. The van der Waals surface area contributed by atoms with Crippen molar-refractivity contribution in [2.75, 3.05) is 7.11 Å². The zero-order chi connectivity index (χ0) is 26.2. The first-order chi connectivity index (χ1) is 17.5. The maximum atomic E-state index is 11.9. The van der Waals surface area contributed by atoms with Crippen molar-refractivity contribution in [3.63, 3.8) is 0 Å². The fraction of sp³-hybridized carbons (Fsp3) is 0.400. The summed E-state index contributed by atoms with van der Waals surface area (Å²) in [4.78, 5) is 24.1. The highest BCUT2D eigenvalue weighted by Crippen LogP contribution is 2.34. The Balaban J connectivity index is 2.08. The number of carbonyl (C=O) groups is 2. The maximum absolute atomic E-state index is 11.9. The van der Waals surface area contributed by atoms with Crippen LogP contribution in [0.15, 0.2) is 77.7 Å². The Kier molecular flexibility index (Phi) is 13.7. The first-order valence-corrected chi connectivity index (χ1v) is 13.5. The number of esters is 1. The van der Waals surface area contributed by atoms with E-state index >= 15 is 0 Å². The summed E-state index contributed by atoms with van der Waals surface area (Å²) in [7, 11) is 1.34. The van der Waals surface area contributed by atoms with Gasteiger partial charge in [0.25, 0.3) is 0 Å². The van der Waals surface area contributed by atoms with Crippen molar-refractivity contribution >= 4 is 23.7 Å². The molecule has 194 valence electrons. The van der Waals surface area contributed by atoms with E-state index in [4.69, 9.17) is 4.74 Å². The van der Waals surface area contributed by atoms with E-state index < -0.39 is 23.3 Å². The van der Waals surface area contributed by atoms with Gasteiger partial charge in [0.15, 0.2) is 0 Å². The average molecular weight is 511 g/mol. The molecule has 0 aliphatic carbocycles. The minimum absolute atomic E-state index is 0.126. The summed E-state index contributed by atoms with van der Waals surface area (Å²) in [6, 6.07) is 13.4. The molecule has 6 heteroatoms. The monoisotopic (exact) mass is 510 g/mol. The highest BCUT2D eigenvalue weighted by Gasteiger charge is 2.21. The fourth-order valence-electron chi connectivity index (χ4n) is 3.79. The second-order valence-corrected chi connectivity index (χ2v) is 9.95. The maximum Gasteiger partial charge on any atom is 0.337 e. The first kappa shape index (κ1) is 29.4. The molecule has 0 radical (unpaired) electrons.